The van der Waals surface area contributed by atoms with E-state index in [0.29, 0.717) is 6.54 Å². The van der Waals surface area contributed by atoms with Gasteiger partial charge in [-0.1, -0.05) is 0 Å². The first-order chi connectivity index (χ1) is 5.41. The number of hydrogen-bond donors (Lipinski definition) is 1. The zero-order valence-corrected chi connectivity index (χ0v) is 7.83. The van der Waals surface area contributed by atoms with E-state index < -0.39 is 5.72 Å². The number of nitrogens with two attached hydrogens (primary N) is 1. The second kappa shape index (κ2) is 3.03. The van der Waals surface area contributed by atoms with Crippen LogP contribution in [0.1, 0.15) is 20.3 Å². The average Bonchev–Trinajstić information content (AvgIpc) is 1.83. The van der Waals surface area contributed by atoms with Crippen molar-refractivity contribution in [3.05, 3.63) is 0 Å². The molecule has 0 bridgehead atoms. The van der Waals surface area contributed by atoms with Crippen LogP contribution in [0, 0.1) is 0 Å². The number of carbonyl (C=O) groups is 1. The Kier molecular flexibility index (Phi) is 2.39. The van der Waals surface area contributed by atoms with Crippen molar-refractivity contribution < 1.29 is 9.53 Å². The molecule has 0 radical (unpaired) electrons. The SMILES string of the molecule is CC(=O)N(C)CC1CC(C)(N)O1. The summed E-state index contributed by atoms with van der Waals surface area (Å²) in [6.07, 6.45) is 0.943. The highest BCUT2D eigenvalue weighted by Crippen LogP contribution is 2.27. The first kappa shape index (κ1) is 9.48. The van der Waals surface area contributed by atoms with Gasteiger partial charge in [-0.15, -0.1) is 0 Å². The van der Waals surface area contributed by atoms with Gasteiger partial charge in [0.15, 0.2) is 0 Å². The lowest BCUT2D eigenvalue weighted by Gasteiger charge is -2.43. The van der Waals surface area contributed by atoms with E-state index in [4.69, 9.17) is 10.5 Å². The largest absolute Gasteiger partial charge is 0.356 e. The van der Waals surface area contributed by atoms with Gasteiger partial charge in [0.25, 0.3) is 0 Å². The summed E-state index contributed by atoms with van der Waals surface area (Å²) in [7, 11) is 1.76. The molecule has 12 heavy (non-hydrogen) atoms. The van der Waals surface area contributed by atoms with Crippen molar-refractivity contribution in [2.24, 2.45) is 5.73 Å². The minimum absolute atomic E-state index is 0.0595. The quantitative estimate of drug-likeness (QED) is 0.634. The van der Waals surface area contributed by atoms with Crippen LogP contribution in [0.4, 0.5) is 0 Å². The third kappa shape index (κ3) is 2.19. The Morgan fingerprint density at radius 2 is 2.33 bits per heavy atom. The van der Waals surface area contributed by atoms with E-state index in [-0.39, 0.29) is 12.0 Å². The molecule has 1 aliphatic rings. The molecule has 0 aromatic carbocycles. The molecule has 1 saturated heterocycles. The van der Waals surface area contributed by atoms with Crippen LogP contribution in [0.5, 0.6) is 0 Å². The first-order valence-corrected chi connectivity index (χ1v) is 4.09. The Morgan fingerprint density at radius 3 is 2.67 bits per heavy atom. The fourth-order valence-electron chi connectivity index (χ4n) is 1.36. The third-order valence-electron chi connectivity index (χ3n) is 2.08. The van der Waals surface area contributed by atoms with Gasteiger partial charge in [0.05, 0.1) is 6.10 Å². The van der Waals surface area contributed by atoms with E-state index in [9.17, 15) is 4.79 Å². The molecule has 0 aromatic heterocycles. The molecule has 1 heterocycles. The zero-order valence-electron chi connectivity index (χ0n) is 7.83. The summed E-state index contributed by atoms with van der Waals surface area (Å²) < 4.78 is 5.33. The topological polar surface area (TPSA) is 55.6 Å². The first-order valence-electron chi connectivity index (χ1n) is 4.09. The minimum atomic E-state index is -0.470. The fourth-order valence-corrected chi connectivity index (χ4v) is 1.36. The lowest BCUT2D eigenvalue weighted by Crippen LogP contribution is -2.58. The molecule has 2 N–H and O–H groups in total. The summed E-state index contributed by atoms with van der Waals surface area (Å²) in [4.78, 5) is 12.5. The van der Waals surface area contributed by atoms with Crippen LogP contribution in [0.2, 0.25) is 0 Å². The van der Waals surface area contributed by atoms with Crippen molar-refractivity contribution in [2.75, 3.05) is 13.6 Å². The molecule has 1 fully saturated rings. The van der Waals surface area contributed by atoms with E-state index in [0.717, 1.165) is 6.42 Å². The second-order valence-corrected chi connectivity index (χ2v) is 3.66. The standard InChI is InChI=1S/C8H16N2O2/c1-6(11)10(3)5-7-4-8(2,9)12-7/h7H,4-5,9H2,1-3H3. The summed E-state index contributed by atoms with van der Waals surface area (Å²) in [5, 5.41) is 0. The number of rotatable bonds is 2. The van der Waals surface area contributed by atoms with Gasteiger partial charge >= 0.3 is 0 Å². The molecular formula is C8H16N2O2. The van der Waals surface area contributed by atoms with Crippen LogP contribution >= 0.6 is 0 Å². The van der Waals surface area contributed by atoms with Crippen molar-refractivity contribution in [1.82, 2.24) is 4.90 Å². The maximum atomic E-state index is 10.8. The molecule has 4 heteroatoms. The van der Waals surface area contributed by atoms with Gasteiger partial charge in [0, 0.05) is 26.9 Å². The highest BCUT2D eigenvalue weighted by atomic mass is 16.5. The molecule has 2 unspecified atom stereocenters. The van der Waals surface area contributed by atoms with Crippen LogP contribution in [0.25, 0.3) is 0 Å². The minimum Gasteiger partial charge on any atom is -0.356 e. The molecule has 4 nitrogen and oxygen atoms in total. The number of carbonyl (C=O) groups excluding carboxylic acids is 1. The summed E-state index contributed by atoms with van der Waals surface area (Å²) >= 11 is 0. The van der Waals surface area contributed by atoms with Crippen molar-refractivity contribution in [1.29, 1.82) is 0 Å². The molecule has 0 spiro atoms. The Hall–Kier alpha value is -0.610. The molecule has 1 aliphatic heterocycles. The van der Waals surface area contributed by atoms with Gasteiger partial charge in [0.2, 0.25) is 5.91 Å². The predicted molar refractivity (Wildman–Crippen MR) is 45.4 cm³/mol. The molecule has 1 rings (SSSR count). The number of likely N-dealkylation sites (N-methyl/N-ethyl adjacent to an activating group) is 1. The number of amides is 1. The van der Waals surface area contributed by atoms with E-state index in [1.807, 2.05) is 6.92 Å². The molecular weight excluding hydrogens is 156 g/mol. The number of nitrogens with zero attached hydrogens (tertiary/aromatic N) is 1. The van der Waals surface area contributed by atoms with Crippen LogP contribution in [0.15, 0.2) is 0 Å². The number of hydrogen-bond acceptors (Lipinski definition) is 3. The summed E-state index contributed by atoms with van der Waals surface area (Å²) in [5.41, 5.74) is 5.17. The molecule has 1 amide bonds. The monoisotopic (exact) mass is 172 g/mol. The zero-order chi connectivity index (χ0) is 9.35. The van der Waals surface area contributed by atoms with Gasteiger partial charge < -0.3 is 15.4 Å². The highest BCUT2D eigenvalue weighted by Gasteiger charge is 2.38. The van der Waals surface area contributed by atoms with Crippen molar-refractivity contribution >= 4 is 5.91 Å². The smallest absolute Gasteiger partial charge is 0.219 e. The van der Waals surface area contributed by atoms with Crippen LogP contribution < -0.4 is 5.73 Å². The molecule has 0 aliphatic carbocycles. The Labute approximate surface area is 72.7 Å². The van der Waals surface area contributed by atoms with E-state index in [1.165, 1.54) is 0 Å². The Bertz CT molecular complexity index is 183. The lowest BCUT2D eigenvalue weighted by atomic mass is 10.0. The van der Waals surface area contributed by atoms with Crippen molar-refractivity contribution in [3.63, 3.8) is 0 Å². The van der Waals surface area contributed by atoms with Crippen LogP contribution in [-0.2, 0) is 9.53 Å². The predicted octanol–water partition coefficient (Wildman–Crippen LogP) is -0.0715. The number of ether oxygens (including phenoxy) is 1. The van der Waals surface area contributed by atoms with E-state index in [2.05, 4.69) is 0 Å². The van der Waals surface area contributed by atoms with E-state index in [1.54, 1.807) is 18.9 Å². The summed E-state index contributed by atoms with van der Waals surface area (Å²) in [6, 6.07) is 0. The van der Waals surface area contributed by atoms with Crippen molar-refractivity contribution in [2.45, 2.75) is 32.1 Å². The van der Waals surface area contributed by atoms with E-state index >= 15 is 0 Å². The maximum absolute atomic E-state index is 10.8. The van der Waals surface area contributed by atoms with Gasteiger partial charge in [0.1, 0.15) is 5.72 Å². The Balaban J connectivity index is 2.23. The molecule has 2 atom stereocenters. The third-order valence-corrected chi connectivity index (χ3v) is 2.08. The fraction of sp³-hybridized carbons (Fsp3) is 0.875. The second-order valence-electron chi connectivity index (χ2n) is 3.66. The Morgan fingerprint density at radius 1 is 1.83 bits per heavy atom. The van der Waals surface area contributed by atoms with Gasteiger partial charge in [-0.05, 0) is 6.92 Å². The van der Waals surface area contributed by atoms with Gasteiger partial charge in [-0.2, -0.15) is 0 Å². The molecule has 0 saturated carbocycles. The van der Waals surface area contributed by atoms with Gasteiger partial charge in [-0.25, -0.2) is 0 Å². The van der Waals surface area contributed by atoms with Crippen LogP contribution in [0.3, 0.4) is 0 Å². The lowest BCUT2D eigenvalue weighted by molar-refractivity contribution is -0.197. The van der Waals surface area contributed by atoms with Crippen LogP contribution in [-0.4, -0.2) is 36.2 Å². The van der Waals surface area contributed by atoms with Crippen molar-refractivity contribution in [3.8, 4) is 0 Å². The molecule has 70 valence electrons. The van der Waals surface area contributed by atoms with Gasteiger partial charge in [-0.3, -0.25) is 4.79 Å². The molecule has 0 aromatic rings. The summed E-state index contributed by atoms with van der Waals surface area (Å²) in [5.74, 6) is 0.0595. The maximum Gasteiger partial charge on any atom is 0.219 e. The normalized spacial score (nSPS) is 34.2. The highest BCUT2D eigenvalue weighted by molar-refractivity contribution is 5.72. The average molecular weight is 172 g/mol. The summed E-state index contributed by atoms with van der Waals surface area (Å²) in [6.45, 7) is 4.03.